The normalized spacial score (nSPS) is 21.3. The molecule has 3 aromatic carbocycles. The number of Topliss-reactive ketones (excluding diaryl/α,β-unsaturated/α-hetero) is 1. The van der Waals surface area contributed by atoms with Gasteiger partial charge in [0.1, 0.15) is 5.75 Å². The Balaban J connectivity index is 1.26. The number of halogens is 3. The Labute approximate surface area is 274 Å². The molecule has 4 atom stereocenters. The Bertz CT molecular complexity index is 1770. The number of carbonyl (C=O) groups is 4. The van der Waals surface area contributed by atoms with Gasteiger partial charge in [-0.05, 0) is 61.4 Å². The third kappa shape index (κ3) is 5.66. The smallest absolute Gasteiger partial charge is 0.339 e. The van der Waals surface area contributed by atoms with Gasteiger partial charge in [0.2, 0.25) is 11.8 Å². The third-order valence-corrected chi connectivity index (χ3v) is 11.1. The highest BCUT2D eigenvalue weighted by molar-refractivity contribution is 9.12. The average molecular weight is 741 g/mol. The van der Waals surface area contributed by atoms with Gasteiger partial charge in [-0.3, -0.25) is 19.3 Å². The molecule has 4 unspecified atom stereocenters. The number of nitrogens with zero attached hydrogens (tertiary/aromatic N) is 2. The fourth-order valence-electron chi connectivity index (χ4n) is 5.73. The number of ketones is 1. The number of esters is 1. The second-order valence-corrected chi connectivity index (χ2v) is 13.5. The summed E-state index contributed by atoms with van der Waals surface area (Å²) in [5.74, 6) is -1.55. The van der Waals surface area contributed by atoms with Crippen LogP contribution in [0.25, 0.3) is 22.2 Å². The minimum atomic E-state index is -0.703. The summed E-state index contributed by atoms with van der Waals surface area (Å²) in [7, 11) is 1.53. The van der Waals surface area contributed by atoms with E-state index >= 15 is 0 Å². The molecule has 2 fully saturated rings. The molecule has 0 spiro atoms. The van der Waals surface area contributed by atoms with Gasteiger partial charge in [-0.15, -0.1) is 0 Å². The number of para-hydroxylation sites is 1. The minimum absolute atomic E-state index is 0.120. The lowest BCUT2D eigenvalue weighted by molar-refractivity contribution is -0.122. The number of anilines is 1. The molecule has 11 heteroatoms. The number of fused-ring (bicyclic) bond motifs is 2. The zero-order valence-corrected chi connectivity index (χ0v) is 27.3. The van der Waals surface area contributed by atoms with Gasteiger partial charge in [0.15, 0.2) is 12.4 Å². The average Bonchev–Trinajstić information content (AvgIpc) is 3.27. The van der Waals surface area contributed by atoms with E-state index in [1.54, 1.807) is 72.8 Å². The first kappa shape index (κ1) is 30.4. The van der Waals surface area contributed by atoms with Gasteiger partial charge in [-0.2, -0.15) is 0 Å². The number of ether oxygens (including phenoxy) is 2. The van der Waals surface area contributed by atoms with E-state index in [-0.39, 0.29) is 44.7 Å². The van der Waals surface area contributed by atoms with Crippen LogP contribution in [0.15, 0.2) is 72.8 Å². The molecule has 1 saturated heterocycles. The van der Waals surface area contributed by atoms with E-state index in [0.29, 0.717) is 57.0 Å². The molecule has 0 bridgehead atoms. The number of methoxy groups -OCH3 is 1. The van der Waals surface area contributed by atoms with Crippen LogP contribution in [0, 0.1) is 11.8 Å². The summed E-state index contributed by atoms with van der Waals surface area (Å²) >= 11 is 13.7. The van der Waals surface area contributed by atoms with Crippen LogP contribution in [0.1, 0.15) is 33.6 Å². The second kappa shape index (κ2) is 12.4. The molecule has 6 rings (SSSR count). The first-order valence-corrected chi connectivity index (χ1v) is 16.1. The van der Waals surface area contributed by atoms with E-state index < -0.39 is 12.6 Å². The van der Waals surface area contributed by atoms with Crippen molar-refractivity contribution in [1.29, 1.82) is 0 Å². The molecular weight excluding hydrogens is 716 g/mol. The van der Waals surface area contributed by atoms with E-state index in [4.69, 9.17) is 26.1 Å². The summed E-state index contributed by atoms with van der Waals surface area (Å²) in [5.41, 5.74) is 2.52. The van der Waals surface area contributed by atoms with Crippen molar-refractivity contribution in [1.82, 2.24) is 4.98 Å². The Morgan fingerprint density at radius 2 is 1.57 bits per heavy atom. The summed E-state index contributed by atoms with van der Waals surface area (Å²) in [4.78, 5) is 58.7. The lowest BCUT2D eigenvalue weighted by Crippen LogP contribution is -2.34. The summed E-state index contributed by atoms with van der Waals surface area (Å²) in [6, 6.07) is 20.1. The van der Waals surface area contributed by atoms with E-state index in [0.717, 1.165) is 0 Å². The first-order chi connectivity index (χ1) is 21.2. The number of rotatable bonds is 7. The summed E-state index contributed by atoms with van der Waals surface area (Å²) in [6.45, 7) is -0.453. The Morgan fingerprint density at radius 1 is 0.932 bits per heavy atom. The van der Waals surface area contributed by atoms with Crippen LogP contribution in [0.5, 0.6) is 5.75 Å². The van der Waals surface area contributed by atoms with Crippen molar-refractivity contribution in [3.8, 4) is 17.0 Å². The molecule has 8 nitrogen and oxygen atoms in total. The molecule has 2 heterocycles. The standard InChI is InChI=1S/C33H25Br2ClN2O6/c1-43-20-11-7-18(8-12-20)29(39)16-44-33(42)24-15-28(37-30-21(24)3-2-4-27(30)36)17-5-9-19(10-6-17)38-31(40)22-13-25(34)26(35)14-23(22)32(38)41/h2-12,15,22-23,25-26H,13-14,16H2,1H3. The summed E-state index contributed by atoms with van der Waals surface area (Å²) in [5, 5.41) is 0.821. The SMILES string of the molecule is COc1ccc(C(=O)COC(=O)c2cc(-c3ccc(N4C(=O)C5CC(Br)C(Br)CC5C4=O)cc3)nc3c(Cl)cccc23)cc1. The zero-order chi connectivity index (χ0) is 31.1. The summed E-state index contributed by atoms with van der Waals surface area (Å²) in [6.07, 6.45) is 1.18. The number of amides is 2. The summed E-state index contributed by atoms with van der Waals surface area (Å²) < 4.78 is 10.6. The Hall–Kier alpha value is -3.60. The molecule has 44 heavy (non-hydrogen) atoms. The van der Waals surface area contributed by atoms with Gasteiger partial charge >= 0.3 is 5.97 Å². The van der Waals surface area contributed by atoms with Gasteiger partial charge in [0.05, 0.1) is 46.4 Å². The number of hydrogen-bond donors (Lipinski definition) is 0. The second-order valence-electron chi connectivity index (χ2n) is 10.7. The molecule has 1 aliphatic heterocycles. The minimum Gasteiger partial charge on any atom is -0.497 e. The van der Waals surface area contributed by atoms with Crippen LogP contribution in [-0.4, -0.2) is 51.9 Å². The van der Waals surface area contributed by atoms with E-state index in [1.807, 2.05) is 0 Å². The van der Waals surface area contributed by atoms with Crippen LogP contribution in [0.3, 0.4) is 0 Å². The maximum absolute atomic E-state index is 13.3. The first-order valence-electron chi connectivity index (χ1n) is 13.9. The van der Waals surface area contributed by atoms with Gasteiger partial charge in [-0.25, -0.2) is 9.78 Å². The molecule has 1 aromatic heterocycles. The maximum Gasteiger partial charge on any atom is 0.339 e. The van der Waals surface area contributed by atoms with E-state index in [2.05, 4.69) is 31.9 Å². The van der Waals surface area contributed by atoms with Gasteiger partial charge in [-0.1, -0.05) is 67.7 Å². The van der Waals surface area contributed by atoms with Gasteiger partial charge in [0.25, 0.3) is 0 Å². The van der Waals surface area contributed by atoms with Gasteiger partial charge in [0, 0.05) is 26.2 Å². The predicted octanol–water partition coefficient (Wildman–Crippen LogP) is 7.03. The molecule has 2 amide bonds. The lowest BCUT2D eigenvalue weighted by Gasteiger charge is -2.29. The predicted molar refractivity (Wildman–Crippen MR) is 174 cm³/mol. The fraction of sp³-hybridized carbons (Fsp3) is 0.242. The molecule has 224 valence electrons. The fourth-order valence-corrected chi connectivity index (χ4v) is 7.18. The van der Waals surface area contributed by atoms with Crippen LogP contribution in [0.2, 0.25) is 5.02 Å². The largest absolute Gasteiger partial charge is 0.497 e. The van der Waals surface area contributed by atoms with Crippen molar-refractivity contribution in [2.45, 2.75) is 22.5 Å². The number of benzene rings is 3. The van der Waals surface area contributed by atoms with Crippen molar-refractivity contribution in [2.75, 3.05) is 18.6 Å². The number of alkyl halides is 2. The van der Waals surface area contributed by atoms with Crippen molar-refractivity contribution in [2.24, 2.45) is 11.8 Å². The molecular formula is C33H25Br2ClN2O6. The number of imide groups is 1. The molecule has 1 saturated carbocycles. The quantitative estimate of drug-likeness (QED) is 0.0868. The lowest BCUT2D eigenvalue weighted by atomic mass is 9.81. The highest BCUT2D eigenvalue weighted by Crippen LogP contribution is 2.44. The Morgan fingerprint density at radius 3 is 2.18 bits per heavy atom. The van der Waals surface area contributed by atoms with Crippen molar-refractivity contribution in [3.63, 3.8) is 0 Å². The van der Waals surface area contributed by atoms with Crippen molar-refractivity contribution < 1.29 is 28.7 Å². The highest BCUT2D eigenvalue weighted by Gasteiger charge is 2.52. The molecule has 4 aromatic rings. The van der Waals surface area contributed by atoms with Crippen LogP contribution in [0.4, 0.5) is 5.69 Å². The van der Waals surface area contributed by atoms with Crippen LogP contribution >= 0.6 is 43.5 Å². The molecule has 0 N–H and O–H groups in total. The number of aromatic nitrogens is 1. The van der Waals surface area contributed by atoms with E-state index in [9.17, 15) is 19.2 Å². The topological polar surface area (TPSA) is 103 Å². The maximum atomic E-state index is 13.3. The van der Waals surface area contributed by atoms with E-state index in [1.165, 1.54) is 12.0 Å². The monoisotopic (exact) mass is 738 g/mol. The zero-order valence-electron chi connectivity index (χ0n) is 23.3. The van der Waals surface area contributed by atoms with Crippen LogP contribution < -0.4 is 9.64 Å². The van der Waals surface area contributed by atoms with Crippen molar-refractivity contribution >= 4 is 83.6 Å². The van der Waals surface area contributed by atoms with Crippen molar-refractivity contribution in [3.05, 3.63) is 88.9 Å². The number of pyridine rings is 1. The molecule has 2 aliphatic rings. The molecule has 1 aliphatic carbocycles. The number of carbonyl (C=O) groups excluding carboxylic acids is 4. The van der Waals surface area contributed by atoms with Gasteiger partial charge < -0.3 is 9.47 Å². The number of hydrogen-bond acceptors (Lipinski definition) is 7. The van der Waals surface area contributed by atoms with Crippen LogP contribution in [-0.2, 0) is 14.3 Å². The highest BCUT2D eigenvalue weighted by atomic mass is 79.9. The Kier molecular flexibility index (Phi) is 8.59. The third-order valence-electron chi connectivity index (χ3n) is 8.09. The molecule has 0 radical (unpaired) electrons.